The number of carbonyl (C=O) groups excluding carboxylic acids is 1. The van der Waals surface area contributed by atoms with Gasteiger partial charge < -0.3 is 9.72 Å². The molecule has 1 aromatic heterocycles. The Balaban J connectivity index is 3.51. The zero-order valence-electron chi connectivity index (χ0n) is 11.0. The molecule has 5 heteroatoms. The molecule has 0 aliphatic rings. The topological polar surface area (TPSA) is 82.9 Å². The van der Waals surface area contributed by atoms with Gasteiger partial charge >= 0.3 is 5.97 Å². The molecule has 0 aliphatic carbocycles. The molecule has 1 aromatic rings. The fraction of sp³-hybridized carbons (Fsp3) is 0.462. The molecule has 5 nitrogen and oxygen atoms in total. The number of aromatic amines is 1. The molecule has 1 rings (SSSR count). The van der Waals surface area contributed by atoms with Crippen molar-refractivity contribution in [1.82, 2.24) is 4.98 Å². The minimum atomic E-state index is -0.532. The van der Waals surface area contributed by atoms with Crippen molar-refractivity contribution in [2.24, 2.45) is 0 Å². The number of carbonyl (C=O) groups is 1. The number of hydrogen-bond acceptors (Lipinski definition) is 4. The maximum absolute atomic E-state index is 11.8. The van der Waals surface area contributed by atoms with Gasteiger partial charge in [0, 0.05) is 11.1 Å². The van der Waals surface area contributed by atoms with Gasteiger partial charge in [0.2, 0.25) is 0 Å². The summed E-state index contributed by atoms with van der Waals surface area (Å²) in [4.78, 5) is 26.1. The minimum Gasteiger partial charge on any atom is -0.462 e. The van der Waals surface area contributed by atoms with Crippen molar-refractivity contribution in [2.75, 3.05) is 6.61 Å². The van der Waals surface area contributed by atoms with Gasteiger partial charge in [-0.2, -0.15) is 5.26 Å². The molecular weight excluding hydrogens is 232 g/mol. The summed E-state index contributed by atoms with van der Waals surface area (Å²) >= 11 is 0. The molecule has 1 heterocycles. The molecule has 0 radical (unpaired) electrons. The zero-order valence-corrected chi connectivity index (χ0v) is 11.0. The van der Waals surface area contributed by atoms with Crippen LogP contribution in [0.15, 0.2) is 10.9 Å². The number of nitrogens with one attached hydrogen (secondary N) is 1. The van der Waals surface area contributed by atoms with Crippen molar-refractivity contribution in [3.05, 3.63) is 33.2 Å². The highest BCUT2D eigenvalue weighted by Gasteiger charge is 2.25. The molecule has 0 amide bonds. The first-order valence-electron chi connectivity index (χ1n) is 5.66. The number of H-pyrrole nitrogens is 1. The Kier molecular flexibility index (Phi) is 3.92. The number of hydrogen-bond donors (Lipinski definition) is 1. The lowest BCUT2D eigenvalue weighted by Gasteiger charge is -2.21. The van der Waals surface area contributed by atoms with Gasteiger partial charge in [-0.15, -0.1) is 0 Å². The Morgan fingerprint density at radius 1 is 1.50 bits per heavy atom. The maximum Gasteiger partial charge on any atom is 0.339 e. The van der Waals surface area contributed by atoms with E-state index in [2.05, 4.69) is 4.98 Å². The molecular formula is C13H16N2O3. The number of aromatic nitrogens is 1. The lowest BCUT2D eigenvalue weighted by molar-refractivity contribution is 0.0522. The van der Waals surface area contributed by atoms with E-state index in [4.69, 9.17) is 10.00 Å². The molecule has 0 saturated heterocycles. The standard InChI is InChI=1S/C13H16N2O3/c1-5-18-12(17)9-6-8(7-14)11(16)15-10(9)13(2,3)4/h6H,5H2,1-4H3,(H,15,16). The monoisotopic (exact) mass is 248 g/mol. The molecule has 0 spiro atoms. The third kappa shape index (κ3) is 2.77. The van der Waals surface area contributed by atoms with Crippen LogP contribution >= 0.6 is 0 Å². The molecule has 0 saturated carbocycles. The van der Waals surface area contributed by atoms with Gasteiger partial charge in [0.1, 0.15) is 11.6 Å². The highest BCUT2D eigenvalue weighted by molar-refractivity contribution is 5.91. The second kappa shape index (κ2) is 5.05. The lowest BCUT2D eigenvalue weighted by Crippen LogP contribution is -2.26. The second-order valence-electron chi connectivity index (χ2n) is 4.88. The summed E-state index contributed by atoms with van der Waals surface area (Å²) in [7, 11) is 0. The van der Waals surface area contributed by atoms with Crippen LogP contribution in [0.25, 0.3) is 0 Å². The van der Waals surface area contributed by atoms with Crippen molar-refractivity contribution < 1.29 is 9.53 Å². The van der Waals surface area contributed by atoms with Gasteiger partial charge in [0.15, 0.2) is 0 Å². The van der Waals surface area contributed by atoms with E-state index >= 15 is 0 Å². The van der Waals surface area contributed by atoms with Gasteiger partial charge in [-0.3, -0.25) is 4.79 Å². The van der Waals surface area contributed by atoms with Gasteiger partial charge in [-0.25, -0.2) is 4.79 Å². The van der Waals surface area contributed by atoms with E-state index in [9.17, 15) is 9.59 Å². The Labute approximate surface area is 105 Å². The van der Waals surface area contributed by atoms with Crippen molar-refractivity contribution >= 4 is 5.97 Å². The Bertz CT molecular complexity index is 559. The molecule has 0 aromatic carbocycles. The Morgan fingerprint density at radius 3 is 2.56 bits per heavy atom. The molecule has 18 heavy (non-hydrogen) atoms. The summed E-state index contributed by atoms with van der Waals surface area (Å²) in [5, 5.41) is 8.83. The summed E-state index contributed by atoms with van der Waals surface area (Å²) < 4.78 is 4.93. The fourth-order valence-electron chi connectivity index (χ4n) is 1.57. The van der Waals surface area contributed by atoms with Crippen molar-refractivity contribution in [3.63, 3.8) is 0 Å². The first kappa shape index (κ1) is 14.0. The van der Waals surface area contributed by atoms with Crippen LogP contribution in [0.2, 0.25) is 0 Å². The molecule has 0 fully saturated rings. The summed E-state index contributed by atoms with van der Waals surface area (Å²) in [6.45, 7) is 7.54. The zero-order chi connectivity index (χ0) is 13.9. The van der Waals surface area contributed by atoms with E-state index < -0.39 is 16.9 Å². The fourth-order valence-corrected chi connectivity index (χ4v) is 1.57. The highest BCUT2D eigenvalue weighted by Crippen LogP contribution is 2.23. The van der Waals surface area contributed by atoms with Crippen molar-refractivity contribution in [1.29, 1.82) is 5.26 Å². The van der Waals surface area contributed by atoms with Crippen LogP contribution in [0.1, 0.15) is 49.3 Å². The molecule has 0 unspecified atom stereocenters. The first-order valence-corrected chi connectivity index (χ1v) is 5.66. The van der Waals surface area contributed by atoms with E-state index in [0.717, 1.165) is 0 Å². The molecule has 0 aliphatic heterocycles. The number of esters is 1. The van der Waals surface area contributed by atoms with Gasteiger partial charge in [0.25, 0.3) is 5.56 Å². The van der Waals surface area contributed by atoms with Crippen LogP contribution in [0.5, 0.6) is 0 Å². The number of ether oxygens (including phenoxy) is 1. The predicted octanol–water partition coefficient (Wildman–Crippen LogP) is 1.72. The number of nitrogens with zero attached hydrogens (tertiary/aromatic N) is 1. The first-order chi connectivity index (χ1) is 8.31. The minimum absolute atomic E-state index is 0.0916. The molecule has 96 valence electrons. The third-order valence-corrected chi connectivity index (χ3v) is 2.41. The average Bonchev–Trinajstić information content (AvgIpc) is 2.27. The average molecular weight is 248 g/mol. The Hall–Kier alpha value is -2.09. The maximum atomic E-state index is 11.8. The van der Waals surface area contributed by atoms with E-state index in [1.165, 1.54) is 6.07 Å². The summed E-state index contributed by atoms with van der Waals surface area (Å²) in [6, 6.07) is 3.05. The van der Waals surface area contributed by atoms with Crippen LogP contribution in [-0.2, 0) is 10.2 Å². The highest BCUT2D eigenvalue weighted by atomic mass is 16.5. The second-order valence-corrected chi connectivity index (χ2v) is 4.88. The molecule has 0 bridgehead atoms. The largest absolute Gasteiger partial charge is 0.462 e. The third-order valence-electron chi connectivity index (χ3n) is 2.41. The van der Waals surface area contributed by atoms with Gasteiger partial charge in [-0.05, 0) is 13.0 Å². The van der Waals surface area contributed by atoms with Crippen LogP contribution in [-0.4, -0.2) is 17.6 Å². The van der Waals surface area contributed by atoms with Crippen LogP contribution in [0, 0.1) is 11.3 Å². The molecule has 0 atom stereocenters. The van der Waals surface area contributed by atoms with Gasteiger partial charge in [0.05, 0.1) is 12.2 Å². The number of nitriles is 1. The molecule has 1 N–H and O–H groups in total. The van der Waals surface area contributed by atoms with Crippen LogP contribution in [0.4, 0.5) is 0 Å². The lowest BCUT2D eigenvalue weighted by atomic mass is 9.88. The summed E-state index contributed by atoms with van der Waals surface area (Å²) in [6.07, 6.45) is 0. The predicted molar refractivity (Wildman–Crippen MR) is 66.4 cm³/mol. The van der Waals surface area contributed by atoms with Crippen LogP contribution < -0.4 is 5.56 Å². The van der Waals surface area contributed by atoms with E-state index in [-0.39, 0.29) is 17.7 Å². The van der Waals surface area contributed by atoms with E-state index in [1.807, 2.05) is 20.8 Å². The van der Waals surface area contributed by atoms with Crippen LogP contribution in [0.3, 0.4) is 0 Å². The van der Waals surface area contributed by atoms with Crippen molar-refractivity contribution in [3.8, 4) is 6.07 Å². The van der Waals surface area contributed by atoms with Crippen molar-refractivity contribution in [2.45, 2.75) is 33.1 Å². The summed E-state index contributed by atoms with van der Waals surface area (Å²) in [5.74, 6) is -0.532. The normalized spacial score (nSPS) is 10.8. The quantitative estimate of drug-likeness (QED) is 0.808. The number of rotatable bonds is 2. The van der Waals surface area contributed by atoms with E-state index in [1.54, 1.807) is 13.0 Å². The smallest absolute Gasteiger partial charge is 0.339 e. The Morgan fingerprint density at radius 2 is 2.11 bits per heavy atom. The summed E-state index contributed by atoms with van der Waals surface area (Å²) in [5.41, 5.74) is -0.290. The SMILES string of the molecule is CCOC(=O)c1cc(C#N)c(=O)[nH]c1C(C)(C)C. The van der Waals surface area contributed by atoms with E-state index in [0.29, 0.717) is 5.69 Å². The number of pyridine rings is 1. The van der Waals surface area contributed by atoms with Gasteiger partial charge in [-0.1, -0.05) is 20.8 Å².